The van der Waals surface area contributed by atoms with Gasteiger partial charge in [0.2, 0.25) is 5.88 Å². The molecule has 0 amide bonds. The molecule has 0 radical (unpaired) electrons. The zero-order valence-corrected chi connectivity index (χ0v) is 21.0. The van der Waals surface area contributed by atoms with Crippen LogP contribution in [0.4, 0.5) is 5.82 Å². The Morgan fingerprint density at radius 3 is 2.60 bits per heavy atom. The smallest absolute Gasteiger partial charge is 0.293 e. The van der Waals surface area contributed by atoms with Crippen molar-refractivity contribution in [3.8, 4) is 17.0 Å². The highest BCUT2D eigenvalue weighted by Crippen LogP contribution is 2.23. The molecule has 10 heteroatoms. The van der Waals surface area contributed by atoms with Crippen molar-refractivity contribution >= 4 is 17.0 Å². The van der Waals surface area contributed by atoms with Gasteiger partial charge in [0.15, 0.2) is 11.5 Å². The largest absolute Gasteiger partial charge is 0.481 e. The fourth-order valence-electron chi connectivity index (χ4n) is 3.47. The van der Waals surface area contributed by atoms with Gasteiger partial charge in [0.1, 0.15) is 0 Å². The lowest BCUT2D eigenvalue weighted by Gasteiger charge is -2.23. The van der Waals surface area contributed by atoms with Crippen molar-refractivity contribution in [1.29, 1.82) is 0 Å². The van der Waals surface area contributed by atoms with Crippen LogP contribution in [0.5, 0.6) is 5.88 Å². The van der Waals surface area contributed by atoms with Crippen LogP contribution in [-0.4, -0.2) is 70.2 Å². The van der Waals surface area contributed by atoms with Crippen molar-refractivity contribution in [3.05, 3.63) is 40.9 Å². The number of fused-ring (bicyclic) bond motifs is 1. The number of nitrogens with zero attached hydrogens (tertiary/aromatic N) is 4. The third kappa shape index (κ3) is 7.20. The van der Waals surface area contributed by atoms with Gasteiger partial charge in [-0.2, -0.15) is 0 Å². The first kappa shape index (κ1) is 26.5. The van der Waals surface area contributed by atoms with Gasteiger partial charge in [-0.15, -0.1) is 0 Å². The number of hydrogen-bond donors (Lipinski definition) is 3. The maximum Gasteiger partial charge on any atom is 0.293 e. The normalized spacial score (nSPS) is 11.7. The molecule has 3 aromatic rings. The van der Waals surface area contributed by atoms with E-state index in [4.69, 9.17) is 9.47 Å². The molecule has 0 saturated heterocycles. The number of aliphatic hydroxyl groups excluding tert-OH is 1. The minimum Gasteiger partial charge on any atom is -0.481 e. The summed E-state index contributed by atoms with van der Waals surface area (Å²) >= 11 is 0. The van der Waals surface area contributed by atoms with Crippen molar-refractivity contribution < 1.29 is 14.6 Å². The number of aromatic nitrogens is 4. The van der Waals surface area contributed by atoms with Crippen LogP contribution in [0.15, 0.2) is 35.4 Å². The number of hydrogen-bond acceptors (Lipinski definition) is 9. The average Bonchev–Trinajstić information content (AvgIpc) is 2.87. The van der Waals surface area contributed by atoms with E-state index in [0.29, 0.717) is 49.9 Å². The first-order valence-electron chi connectivity index (χ1n) is 12.0. The summed E-state index contributed by atoms with van der Waals surface area (Å²) in [7, 11) is 1.57. The topological polar surface area (TPSA) is 123 Å². The summed E-state index contributed by atoms with van der Waals surface area (Å²) in [6.45, 7) is 8.68. The SMILES string of the molecule is CCCOCCn1c(=O)c(NCCCNC(C)(C)CO)nc2ncc(-c3ccc(OC)nc3)cc21. The Hall–Kier alpha value is -3.08. The van der Waals surface area contributed by atoms with Gasteiger partial charge in [0.25, 0.3) is 5.56 Å². The van der Waals surface area contributed by atoms with E-state index in [1.165, 1.54) is 0 Å². The van der Waals surface area contributed by atoms with Crippen molar-refractivity contribution in [2.24, 2.45) is 0 Å². The van der Waals surface area contributed by atoms with Crippen molar-refractivity contribution in [2.45, 2.75) is 45.7 Å². The van der Waals surface area contributed by atoms with E-state index in [1.807, 2.05) is 32.9 Å². The minimum atomic E-state index is -0.340. The number of nitrogens with one attached hydrogen (secondary N) is 2. The summed E-state index contributed by atoms with van der Waals surface area (Å²) in [4.78, 5) is 26.6. The molecule has 0 fully saturated rings. The van der Waals surface area contributed by atoms with Gasteiger partial charge < -0.3 is 25.2 Å². The highest BCUT2D eigenvalue weighted by Gasteiger charge is 2.15. The van der Waals surface area contributed by atoms with Gasteiger partial charge in [-0.3, -0.25) is 9.36 Å². The molecule has 0 spiro atoms. The second kappa shape index (κ2) is 12.6. The predicted octanol–water partition coefficient (Wildman–Crippen LogP) is 2.45. The molecule has 0 aliphatic heterocycles. The van der Waals surface area contributed by atoms with E-state index in [2.05, 4.69) is 25.6 Å². The van der Waals surface area contributed by atoms with Crippen LogP contribution in [0.1, 0.15) is 33.6 Å². The maximum absolute atomic E-state index is 13.3. The molecule has 0 atom stereocenters. The highest BCUT2D eigenvalue weighted by molar-refractivity contribution is 5.78. The molecule has 0 aliphatic carbocycles. The maximum atomic E-state index is 13.3. The summed E-state index contributed by atoms with van der Waals surface area (Å²) in [6, 6.07) is 5.59. The van der Waals surface area contributed by atoms with Crippen LogP contribution in [-0.2, 0) is 11.3 Å². The van der Waals surface area contributed by atoms with Crippen LogP contribution >= 0.6 is 0 Å². The lowest BCUT2D eigenvalue weighted by molar-refractivity contribution is 0.127. The lowest BCUT2D eigenvalue weighted by Crippen LogP contribution is -2.43. The molecule has 3 N–H and O–H groups in total. The number of aliphatic hydroxyl groups is 1. The molecule has 0 bridgehead atoms. The van der Waals surface area contributed by atoms with Crippen LogP contribution < -0.4 is 20.9 Å². The molecule has 35 heavy (non-hydrogen) atoms. The number of pyridine rings is 2. The van der Waals surface area contributed by atoms with E-state index >= 15 is 0 Å². The minimum absolute atomic E-state index is 0.0533. The molecule has 3 heterocycles. The zero-order valence-electron chi connectivity index (χ0n) is 21.0. The van der Waals surface area contributed by atoms with Gasteiger partial charge in [-0.05, 0) is 45.4 Å². The fraction of sp³-hybridized carbons (Fsp3) is 0.520. The van der Waals surface area contributed by atoms with E-state index in [1.54, 1.807) is 30.1 Å². The average molecular weight is 485 g/mol. The standard InChI is InChI=1S/C25H36N6O4/c1-5-12-35-13-11-31-20-14-19(18-7-8-21(34-4)27-15-18)16-28-22(20)30-23(24(31)33)26-9-6-10-29-25(2,3)17-32/h7-8,14-16,29,32H,5-6,9-13,17H2,1-4H3,(H,26,28,30). The molecule has 3 aromatic heterocycles. The Morgan fingerprint density at radius 2 is 1.91 bits per heavy atom. The van der Waals surface area contributed by atoms with Gasteiger partial charge in [0, 0.05) is 54.8 Å². The molecule has 0 saturated carbocycles. The Kier molecular flexibility index (Phi) is 9.53. The van der Waals surface area contributed by atoms with Crippen molar-refractivity contribution in [2.75, 3.05) is 45.3 Å². The Labute approximate surface area is 205 Å². The van der Waals surface area contributed by atoms with Crippen LogP contribution in [0.25, 0.3) is 22.3 Å². The van der Waals surface area contributed by atoms with Gasteiger partial charge in [0.05, 0.1) is 25.8 Å². The molecule has 0 aromatic carbocycles. The lowest BCUT2D eigenvalue weighted by atomic mass is 10.1. The van der Waals surface area contributed by atoms with Gasteiger partial charge >= 0.3 is 0 Å². The first-order valence-corrected chi connectivity index (χ1v) is 12.0. The number of anilines is 1. The third-order valence-electron chi connectivity index (χ3n) is 5.53. The molecule has 190 valence electrons. The second-order valence-electron chi connectivity index (χ2n) is 8.93. The number of methoxy groups -OCH3 is 1. The monoisotopic (exact) mass is 484 g/mol. The van der Waals surface area contributed by atoms with E-state index in [0.717, 1.165) is 24.0 Å². The summed E-state index contributed by atoms with van der Waals surface area (Å²) in [5.41, 5.74) is 2.26. The van der Waals surface area contributed by atoms with Gasteiger partial charge in [-0.25, -0.2) is 15.0 Å². The zero-order chi connectivity index (χ0) is 25.3. The summed E-state index contributed by atoms with van der Waals surface area (Å²) in [5.74, 6) is 0.792. The molecule has 10 nitrogen and oxygen atoms in total. The summed E-state index contributed by atoms with van der Waals surface area (Å²) < 4.78 is 12.5. The van der Waals surface area contributed by atoms with E-state index in [9.17, 15) is 9.90 Å². The quantitative estimate of drug-likeness (QED) is 0.296. The highest BCUT2D eigenvalue weighted by atomic mass is 16.5. The van der Waals surface area contributed by atoms with Crippen molar-refractivity contribution in [1.82, 2.24) is 24.8 Å². The van der Waals surface area contributed by atoms with E-state index in [-0.39, 0.29) is 23.5 Å². The van der Waals surface area contributed by atoms with Crippen LogP contribution in [0.2, 0.25) is 0 Å². The van der Waals surface area contributed by atoms with Crippen molar-refractivity contribution in [3.63, 3.8) is 0 Å². The van der Waals surface area contributed by atoms with Gasteiger partial charge in [-0.1, -0.05) is 6.92 Å². The number of ether oxygens (including phenoxy) is 2. The predicted molar refractivity (Wildman–Crippen MR) is 137 cm³/mol. The Morgan fingerprint density at radius 1 is 1.11 bits per heavy atom. The first-order chi connectivity index (χ1) is 16.9. The summed E-state index contributed by atoms with van der Waals surface area (Å²) in [5, 5.41) is 15.8. The Bertz CT molecular complexity index is 1150. The molecular weight excluding hydrogens is 448 g/mol. The van der Waals surface area contributed by atoms with Crippen LogP contribution in [0, 0.1) is 0 Å². The molecule has 0 aliphatic rings. The molecule has 0 unspecified atom stereocenters. The summed E-state index contributed by atoms with van der Waals surface area (Å²) in [6.07, 6.45) is 5.12. The third-order valence-corrected chi connectivity index (χ3v) is 5.53. The van der Waals surface area contributed by atoms with Crippen LogP contribution in [0.3, 0.4) is 0 Å². The second-order valence-corrected chi connectivity index (χ2v) is 8.93. The molecule has 3 rings (SSSR count). The number of rotatable bonds is 14. The fourth-order valence-corrected chi connectivity index (χ4v) is 3.47. The Balaban J connectivity index is 1.85. The molecular formula is C25H36N6O4. The van der Waals surface area contributed by atoms with E-state index < -0.39 is 0 Å².